The molecule has 0 saturated carbocycles. The molecule has 2 rings (SSSR count). The monoisotopic (exact) mass is 551 g/mol. The van der Waals surface area contributed by atoms with Crippen LogP contribution in [0.1, 0.15) is 68.1 Å². The molecule has 0 aliphatic rings. The maximum atomic E-state index is 11.7. The van der Waals surface area contributed by atoms with E-state index < -0.39 is 44.4 Å². The molecule has 186 valence electrons. The second kappa shape index (κ2) is 11.4. The van der Waals surface area contributed by atoms with E-state index in [-0.39, 0.29) is 16.9 Å². The Morgan fingerprint density at radius 1 is 0.886 bits per heavy atom. The van der Waals surface area contributed by atoms with E-state index in [0.29, 0.717) is 4.47 Å². The lowest BCUT2D eigenvalue weighted by Gasteiger charge is -2.18. The summed E-state index contributed by atoms with van der Waals surface area (Å²) in [5.41, 5.74) is -3.12. The molecule has 2 aromatic heterocycles. The van der Waals surface area contributed by atoms with Crippen LogP contribution in [0.15, 0.2) is 29.0 Å². The number of halogens is 1. The normalized spacial score (nSPS) is 10.8. The first-order valence-electron chi connectivity index (χ1n) is 9.76. The molecule has 0 aliphatic heterocycles. The molecule has 0 unspecified atom stereocenters. The molecule has 14 heteroatoms. The van der Waals surface area contributed by atoms with Gasteiger partial charge >= 0.3 is 23.3 Å². The van der Waals surface area contributed by atoms with Crippen LogP contribution in [0.25, 0.3) is 0 Å². The van der Waals surface area contributed by atoms with Crippen LogP contribution < -0.4 is 0 Å². The Balaban J connectivity index is 0.000000351. The predicted octanol–water partition coefficient (Wildman–Crippen LogP) is 4.52. The van der Waals surface area contributed by atoms with Crippen molar-refractivity contribution in [3.8, 4) is 6.07 Å². The maximum Gasteiger partial charge on any atom is 0.364 e. The molecule has 0 fully saturated rings. The third-order valence-electron chi connectivity index (χ3n) is 3.41. The standard InChI is InChI=1S/C11H11N3O4.C10H11BrN2O4/c1-11(2,3)18-10(15)9-8(14(16)17)4-7(5-12)6-13-9;1-10(2,3)17-9(14)8-7(13(15)16)4-6(11)5-12-8/h4,6H,1-3H3;4-5H,1-3H3. The van der Waals surface area contributed by atoms with Crippen LogP contribution >= 0.6 is 15.9 Å². The fraction of sp³-hybridized carbons (Fsp3) is 0.381. The van der Waals surface area contributed by atoms with E-state index in [2.05, 4.69) is 25.9 Å². The number of nitriles is 1. The van der Waals surface area contributed by atoms with Crippen LogP contribution in [0.4, 0.5) is 11.4 Å². The van der Waals surface area contributed by atoms with Crippen LogP contribution in [0.5, 0.6) is 0 Å². The van der Waals surface area contributed by atoms with Gasteiger partial charge in [0, 0.05) is 29.0 Å². The summed E-state index contributed by atoms with van der Waals surface area (Å²) >= 11 is 3.06. The minimum atomic E-state index is -0.890. The van der Waals surface area contributed by atoms with Crippen LogP contribution in [0.2, 0.25) is 0 Å². The summed E-state index contributed by atoms with van der Waals surface area (Å²) in [6.07, 6.45) is 2.40. The summed E-state index contributed by atoms with van der Waals surface area (Å²) in [6.45, 7) is 9.95. The van der Waals surface area contributed by atoms with E-state index in [1.54, 1.807) is 47.6 Å². The second-order valence-electron chi connectivity index (χ2n) is 8.74. The highest BCUT2D eigenvalue weighted by molar-refractivity contribution is 9.10. The van der Waals surface area contributed by atoms with Gasteiger partial charge in [-0.15, -0.1) is 0 Å². The zero-order valence-electron chi connectivity index (χ0n) is 19.7. The summed E-state index contributed by atoms with van der Waals surface area (Å²) < 4.78 is 10.5. The SMILES string of the molecule is CC(C)(C)OC(=O)c1ncc(Br)cc1[N+](=O)[O-].CC(C)(C)OC(=O)c1ncc(C#N)cc1[N+](=O)[O-]. The van der Waals surface area contributed by atoms with Crippen molar-refractivity contribution < 1.29 is 28.9 Å². The van der Waals surface area contributed by atoms with Gasteiger partial charge in [0.1, 0.15) is 17.3 Å². The van der Waals surface area contributed by atoms with Crippen molar-refractivity contribution in [2.75, 3.05) is 0 Å². The van der Waals surface area contributed by atoms with Crippen molar-refractivity contribution in [2.45, 2.75) is 52.7 Å². The Morgan fingerprint density at radius 3 is 1.66 bits per heavy atom. The van der Waals surface area contributed by atoms with Crippen LogP contribution in [0, 0.1) is 31.6 Å². The maximum absolute atomic E-state index is 11.7. The van der Waals surface area contributed by atoms with Gasteiger partial charge < -0.3 is 9.47 Å². The molecule has 0 aromatic carbocycles. The molecule has 0 amide bonds. The molecule has 0 bridgehead atoms. The summed E-state index contributed by atoms with van der Waals surface area (Å²) in [7, 11) is 0. The number of pyridine rings is 2. The average Bonchev–Trinajstić information content (AvgIpc) is 2.71. The number of hydrogen-bond donors (Lipinski definition) is 0. The van der Waals surface area contributed by atoms with E-state index in [0.717, 1.165) is 12.3 Å². The van der Waals surface area contributed by atoms with E-state index in [1.165, 1.54) is 12.3 Å². The van der Waals surface area contributed by atoms with Crippen molar-refractivity contribution >= 4 is 39.2 Å². The summed E-state index contributed by atoms with van der Waals surface area (Å²) in [6, 6.07) is 3.92. The molecule has 0 aliphatic carbocycles. The highest BCUT2D eigenvalue weighted by Gasteiger charge is 2.28. The van der Waals surface area contributed by atoms with Gasteiger partial charge in [0.05, 0.1) is 15.4 Å². The quantitative estimate of drug-likeness (QED) is 0.294. The second-order valence-corrected chi connectivity index (χ2v) is 9.66. The molecular weight excluding hydrogens is 530 g/mol. The molecule has 0 spiro atoms. The van der Waals surface area contributed by atoms with Gasteiger partial charge in [0.25, 0.3) is 0 Å². The molecule has 0 radical (unpaired) electrons. The number of carbonyl (C=O) groups excluding carboxylic acids is 2. The van der Waals surface area contributed by atoms with Crippen molar-refractivity contribution in [1.29, 1.82) is 5.26 Å². The number of rotatable bonds is 4. The van der Waals surface area contributed by atoms with Crippen molar-refractivity contribution in [1.82, 2.24) is 9.97 Å². The fourth-order valence-corrected chi connectivity index (χ4v) is 2.51. The van der Waals surface area contributed by atoms with Gasteiger partial charge in [0.15, 0.2) is 0 Å². The third-order valence-corrected chi connectivity index (χ3v) is 3.84. The van der Waals surface area contributed by atoms with Gasteiger partial charge in [-0.1, -0.05) is 0 Å². The molecule has 35 heavy (non-hydrogen) atoms. The lowest BCUT2D eigenvalue weighted by Crippen LogP contribution is -2.25. The van der Waals surface area contributed by atoms with Gasteiger partial charge in [0.2, 0.25) is 11.4 Å². The average molecular weight is 552 g/mol. The van der Waals surface area contributed by atoms with Crippen molar-refractivity contribution in [3.63, 3.8) is 0 Å². The Labute approximate surface area is 208 Å². The van der Waals surface area contributed by atoms with E-state index in [1.807, 2.05) is 0 Å². The Bertz CT molecular complexity index is 1200. The van der Waals surface area contributed by atoms with E-state index >= 15 is 0 Å². The lowest BCUT2D eigenvalue weighted by molar-refractivity contribution is -0.385. The number of ether oxygens (including phenoxy) is 2. The third kappa shape index (κ3) is 9.41. The Kier molecular flexibility index (Phi) is 9.48. The zero-order valence-corrected chi connectivity index (χ0v) is 21.3. The number of aromatic nitrogens is 2. The first-order valence-corrected chi connectivity index (χ1v) is 10.6. The summed E-state index contributed by atoms with van der Waals surface area (Å²) in [5.74, 6) is -1.70. The van der Waals surface area contributed by atoms with Gasteiger partial charge in [-0.2, -0.15) is 5.26 Å². The summed E-state index contributed by atoms with van der Waals surface area (Å²) in [5, 5.41) is 30.2. The lowest BCUT2D eigenvalue weighted by atomic mass is 10.2. The zero-order chi connectivity index (χ0) is 27.1. The highest BCUT2D eigenvalue weighted by Crippen LogP contribution is 2.23. The van der Waals surface area contributed by atoms with Crippen LogP contribution in [-0.2, 0) is 9.47 Å². The van der Waals surface area contributed by atoms with Crippen molar-refractivity contribution in [3.05, 3.63) is 66.2 Å². The topological polar surface area (TPSA) is 188 Å². The Morgan fingerprint density at radius 2 is 1.29 bits per heavy atom. The van der Waals surface area contributed by atoms with E-state index in [4.69, 9.17) is 14.7 Å². The van der Waals surface area contributed by atoms with Crippen LogP contribution in [0.3, 0.4) is 0 Å². The minimum absolute atomic E-state index is 0.00834. The highest BCUT2D eigenvalue weighted by atomic mass is 79.9. The number of nitro groups is 2. The van der Waals surface area contributed by atoms with Gasteiger partial charge in [-0.25, -0.2) is 19.6 Å². The largest absolute Gasteiger partial charge is 0.455 e. The number of hydrogen-bond acceptors (Lipinski definition) is 11. The number of esters is 2. The molecular formula is C21H22BrN5O8. The first kappa shape index (κ1) is 29.0. The van der Waals surface area contributed by atoms with Gasteiger partial charge in [-0.3, -0.25) is 20.2 Å². The molecule has 0 N–H and O–H groups in total. The number of nitrogens with zero attached hydrogens (tertiary/aromatic N) is 5. The first-order chi connectivity index (χ1) is 15.9. The Hall–Kier alpha value is -3.99. The fourth-order valence-electron chi connectivity index (χ4n) is 2.19. The van der Waals surface area contributed by atoms with Crippen molar-refractivity contribution in [2.24, 2.45) is 0 Å². The molecule has 2 heterocycles. The molecule has 2 aromatic rings. The summed E-state index contributed by atoms with van der Waals surface area (Å²) in [4.78, 5) is 50.9. The minimum Gasteiger partial charge on any atom is -0.455 e. The molecule has 0 atom stereocenters. The predicted molar refractivity (Wildman–Crippen MR) is 125 cm³/mol. The molecule has 0 saturated heterocycles. The molecule has 13 nitrogen and oxygen atoms in total. The van der Waals surface area contributed by atoms with Crippen LogP contribution in [-0.4, -0.2) is 43.0 Å². The number of carbonyl (C=O) groups is 2. The van der Waals surface area contributed by atoms with E-state index in [9.17, 15) is 29.8 Å². The van der Waals surface area contributed by atoms with Gasteiger partial charge in [-0.05, 0) is 57.5 Å². The smallest absolute Gasteiger partial charge is 0.364 e.